The van der Waals surface area contributed by atoms with Crippen molar-refractivity contribution in [3.63, 3.8) is 0 Å². The van der Waals surface area contributed by atoms with Crippen LogP contribution in [0.4, 0.5) is 4.79 Å². The van der Waals surface area contributed by atoms with Crippen LogP contribution in [0.1, 0.15) is 45.1 Å². The lowest BCUT2D eigenvalue weighted by Crippen LogP contribution is -2.47. The van der Waals surface area contributed by atoms with Gasteiger partial charge in [0, 0.05) is 5.02 Å². The third-order valence-corrected chi connectivity index (χ3v) is 4.45. The van der Waals surface area contributed by atoms with Gasteiger partial charge in [0.05, 0.1) is 0 Å². The van der Waals surface area contributed by atoms with E-state index in [2.05, 4.69) is 5.32 Å². The van der Waals surface area contributed by atoms with E-state index in [4.69, 9.17) is 16.3 Å². The number of halogens is 1. The molecule has 1 saturated heterocycles. The molecule has 0 atom stereocenters. The van der Waals surface area contributed by atoms with Crippen molar-refractivity contribution in [2.24, 2.45) is 0 Å². The summed E-state index contributed by atoms with van der Waals surface area (Å²) in [6, 6.07) is 6.36. The number of urea groups is 1. The van der Waals surface area contributed by atoms with E-state index in [-0.39, 0.29) is 19.1 Å². The number of esters is 1. The molecule has 25 heavy (non-hydrogen) atoms. The zero-order valence-electron chi connectivity index (χ0n) is 14.5. The van der Waals surface area contributed by atoms with Crippen LogP contribution in [0.15, 0.2) is 24.3 Å². The Hall–Kier alpha value is -2.08. The molecule has 136 valence electrons. The first kappa shape index (κ1) is 19.2. The van der Waals surface area contributed by atoms with Gasteiger partial charge in [0.1, 0.15) is 18.7 Å². The summed E-state index contributed by atoms with van der Waals surface area (Å²) in [6.07, 6.45) is 2.64. The normalized spacial score (nSPS) is 16.0. The molecular formula is C18H23ClN2O4. The Balaban J connectivity index is 1.96. The number of benzene rings is 1. The van der Waals surface area contributed by atoms with E-state index >= 15 is 0 Å². The number of nitrogens with zero attached hydrogens (tertiary/aromatic N) is 1. The van der Waals surface area contributed by atoms with Gasteiger partial charge >= 0.3 is 12.0 Å². The molecule has 1 heterocycles. The molecule has 1 N–H and O–H groups in total. The summed E-state index contributed by atoms with van der Waals surface area (Å²) in [5.74, 6) is -0.966. The van der Waals surface area contributed by atoms with Crippen LogP contribution >= 0.6 is 11.6 Å². The van der Waals surface area contributed by atoms with Gasteiger partial charge in [-0.25, -0.2) is 4.79 Å². The number of amides is 3. The average Bonchev–Trinajstić information content (AvgIpc) is 2.79. The number of carbonyl (C=O) groups excluding carboxylic acids is 3. The molecule has 3 amide bonds. The van der Waals surface area contributed by atoms with E-state index in [1.54, 1.807) is 24.3 Å². The standard InChI is InChI=1S/C18H23ClN2O4/c1-3-9-18(10-4-2)16(23)21(17(24)20-18)11-15(22)25-12-13-5-7-14(19)8-6-13/h5-8H,3-4,9-12H2,1-2H3,(H,20,24). The van der Waals surface area contributed by atoms with E-state index in [0.29, 0.717) is 17.9 Å². The highest BCUT2D eigenvalue weighted by Gasteiger charge is 2.50. The zero-order valence-corrected chi connectivity index (χ0v) is 15.3. The van der Waals surface area contributed by atoms with E-state index in [0.717, 1.165) is 23.3 Å². The molecule has 1 fully saturated rings. The number of rotatable bonds is 8. The van der Waals surface area contributed by atoms with Crippen molar-refractivity contribution in [1.29, 1.82) is 0 Å². The average molecular weight is 367 g/mol. The molecule has 1 aromatic rings. The minimum atomic E-state index is -0.892. The third kappa shape index (κ3) is 4.51. The Bertz CT molecular complexity index is 639. The summed E-state index contributed by atoms with van der Waals surface area (Å²) in [4.78, 5) is 37.8. The maximum absolute atomic E-state index is 12.7. The first-order chi connectivity index (χ1) is 11.9. The maximum Gasteiger partial charge on any atom is 0.326 e. The van der Waals surface area contributed by atoms with Crippen molar-refractivity contribution in [3.05, 3.63) is 34.9 Å². The smallest absolute Gasteiger partial charge is 0.326 e. The fourth-order valence-corrected chi connectivity index (χ4v) is 3.18. The summed E-state index contributed by atoms with van der Waals surface area (Å²) >= 11 is 5.80. The summed E-state index contributed by atoms with van der Waals surface area (Å²) in [5, 5.41) is 3.36. The molecule has 1 aliphatic heterocycles. The highest BCUT2D eigenvalue weighted by Crippen LogP contribution is 2.28. The Morgan fingerprint density at radius 1 is 1.16 bits per heavy atom. The van der Waals surface area contributed by atoms with Crippen molar-refractivity contribution in [2.45, 2.75) is 51.7 Å². The van der Waals surface area contributed by atoms with Gasteiger partial charge in [0.25, 0.3) is 5.91 Å². The minimum Gasteiger partial charge on any atom is -0.459 e. The Morgan fingerprint density at radius 3 is 2.32 bits per heavy atom. The monoisotopic (exact) mass is 366 g/mol. The first-order valence-corrected chi connectivity index (χ1v) is 8.84. The maximum atomic E-state index is 12.7. The van der Waals surface area contributed by atoms with Gasteiger partial charge in [-0.1, -0.05) is 50.4 Å². The van der Waals surface area contributed by atoms with E-state index in [1.807, 2.05) is 13.8 Å². The number of ether oxygens (including phenoxy) is 1. The third-order valence-electron chi connectivity index (χ3n) is 4.20. The fourth-order valence-electron chi connectivity index (χ4n) is 3.06. The molecule has 6 nitrogen and oxygen atoms in total. The van der Waals surface area contributed by atoms with Gasteiger partial charge in [-0.2, -0.15) is 0 Å². The van der Waals surface area contributed by atoms with Crippen molar-refractivity contribution in [2.75, 3.05) is 6.54 Å². The van der Waals surface area contributed by atoms with Gasteiger partial charge in [0.2, 0.25) is 0 Å². The van der Waals surface area contributed by atoms with Crippen LogP contribution in [0, 0.1) is 0 Å². The molecule has 0 aromatic heterocycles. The van der Waals surface area contributed by atoms with Crippen molar-refractivity contribution >= 4 is 29.5 Å². The number of carbonyl (C=O) groups is 3. The number of nitrogens with one attached hydrogen (secondary N) is 1. The number of hydrogen-bond acceptors (Lipinski definition) is 4. The lowest BCUT2D eigenvalue weighted by Gasteiger charge is -2.25. The Kier molecular flexibility index (Phi) is 6.42. The number of imide groups is 1. The Labute approximate surface area is 152 Å². The molecule has 7 heteroatoms. The lowest BCUT2D eigenvalue weighted by molar-refractivity contribution is -0.149. The fraction of sp³-hybridized carbons (Fsp3) is 0.500. The SMILES string of the molecule is CCCC1(CCC)NC(=O)N(CC(=O)OCc2ccc(Cl)cc2)C1=O. The van der Waals surface area contributed by atoms with Crippen molar-refractivity contribution in [1.82, 2.24) is 10.2 Å². The van der Waals surface area contributed by atoms with E-state index in [1.165, 1.54) is 0 Å². The van der Waals surface area contributed by atoms with Crippen LogP contribution in [-0.4, -0.2) is 34.9 Å². The van der Waals surface area contributed by atoms with Gasteiger partial charge in [0.15, 0.2) is 0 Å². The predicted octanol–water partition coefficient (Wildman–Crippen LogP) is 3.27. The summed E-state index contributed by atoms with van der Waals surface area (Å²) < 4.78 is 5.16. The van der Waals surface area contributed by atoms with Crippen LogP contribution in [0.5, 0.6) is 0 Å². The molecular weight excluding hydrogens is 344 g/mol. The van der Waals surface area contributed by atoms with E-state index in [9.17, 15) is 14.4 Å². The summed E-state index contributed by atoms with van der Waals surface area (Å²) in [7, 11) is 0. The molecule has 0 bridgehead atoms. The molecule has 2 rings (SSSR count). The van der Waals surface area contributed by atoms with Crippen LogP contribution in [0.25, 0.3) is 0 Å². The van der Waals surface area contributed by atoms with Gasteiger partial charge in [-0.05, 0) is 30.5 Å². The molecule has 0 spiro atoms. The van der Waals surface area contributed by atoms with Crippen molar-refractivity contribution in [3.8, 4) is 0 Å². The van der Waals surface area contributed by atoms with Crippen LogP contribution in [-0.2, 0) is 20.9 Å². The summed E-state index contributed by atoms with van der Waals surface area (Å²) in [5.41, 5.74) is -0.113. The predicted molar refractivity (Wildman–Crippen MR) is 94.0 cm³/mol. The van der Waals surface area contributed by atoms with Crippen LogP contribution < -0.4 is 5.32 Å². The second-order valence-corrected chi connectivity index (χ2v) is 6.63. The molecule has 0 radical (unpaired) electrons. The highest BCUT2D eigenvalue weighted by molar-refractivity contribution is 6.30. The Morgan fingerprint density at radius 2 is 1.76 bits per heavy atom. The van der Waals surface area contributed by atoms with Gasteiger partial charge in [-0.3, -0.25) is 14.5 Å². The highest BCUT2D eigenvalue weighted by atomic mass is 35.5. The molecule has 1 aromatic carbocycles. The lowest BCUT2D eigenvalue weighted by atomic mass is 9.88. The molecule has 0 unspecified atom stereocenters. The van der Waals surface area contributed by atoms with Gasteiger partial charge < -0.3 is 10.1 Å². The first-order valence-electron chi connectivity index (χ1n) is 8.46. The topological polar surface area (TPSA) is 75.7 Å². The second kappa shape index (κ2) is 8.34. The minimum absolute atomic E-state index is 0.0642. The molecule has 0 aliphatic carbocycles. The molecule has 1 aliphatic rings. The largest absolute Gasteiger partial charge is 0.459 e. The van der Waals surface area contributed by atoms with Crippen molar-refractivity contribution < 1.29 is 19.1 Å². The molecule has 0 saturated carbocycles. The quantitative estimate of drug-likeness (QED) is 0.566. The second-order valence-electron chi connectivity index (χ2n) is 6.19. The van der Waals surface area contributed by atoms with Crippen LogP contribution in [0.3, 0.4) is 0 Å². The number of hydrogen-bond donors (Lipinski definition) is 1. The van der Waals surface area contributed by atoms with Gasteiger partial charge in [-0.15, -0.1) is 0 Å². The van der Waals surface area contributed by atoms with Crippen LogP contribution in [0.2, 0.25) is 5.02 Å². The zero-order chi connectivity index (χ0) is 18.4. The van der Waals surface area contributed by atoms with E-state index < -0.39 is 17.5 Å². The summed E-state index contributed by atoms with van der Waals surface area (Å²) in [6.45, 7) is 3.60.